The van der Waals surface area contributed by atoms with Crippen LogP contribution in [0, 0.1) is 0 Å². The minimum Gasteiger partial charge on any atom is -0.497 e. The number of carbonyl (C=O) groups is 2. The van der Waals surface area contributed by atoms with Crippen LogP contribution in [0.25, 0.3) is 0 Å². The van der Waals surface area contributed by atoms with Crippen LogP contribution in [0.3, 0.4) is 0 Å². The second kappa shape index (κ2) is 9.06. The number of nitrogens with one attached hydrogen (secondary N) is 2. The van der Waals surface area contributed by atoms with Crippen LogP contribution in [-0.4, -0.2) is 18.9 Å². The van der Waals surface area contributed by atoms with Crippen LogP contribution in [0.2, 0.25) is 5.02 Å². The van der Waals surface area contributed by atoms with E-state index in [1.807, 2.05) is 24.3 Å². The molecule has 0 fully saturated rings. The van der Waals surface area contributed by atoms with Crippen molar-refractivity contribution in [1.29, 1.82) is 0 Å². The molecule has 3 aromatic carbocycles. The summed E-state index contributed by atoms with van der Waals surface area (Å²) in [6, 6.07) is 21.0. The quantitative estimate of drug-likeness (QED) is 0.645. The zero-order valence-corrected chi connectivity index (χ0v) is 16.0. The average molecular weight is 395 g/mol. The third-order valence-electron chi connectivity index (χ3n) is 4.13. The maximum Gasteiger partial charge on any atom is 0.257 e. The standard InChI is InChI=1S/C22H19ClN2O3/c1-28-16-8-6-7-15(13-16)14-24-21(26)18-10-3-5-12-20(18)25-22(27)17-9-2-4-11-19(17)23/h2-13H,14H2,1H3,(H,24,26)(H,25,27). The molecule has 0 aliphatic rings. The number of ether oxygens (including phenoxy) is 1. The number of para-hydroxylation sites is 1. The largest absolute Gasteiger partial charge is 0.497 e. The van der Waals surface area contributed by atoms with E-state index < -0.39 is 0 Å². The molecule has 0 spiro atoms. The van der Waals surface area contributed by atoms with E-state index >= 15 is 0 Å². The first-order valence-electron chi connectivity index (χ1n) is 8.64. The van der Waals surface area contributed by atoms with Crippen LogP contribution in [-0.2, 0) is 6.54 Å². The molecule has 0 saturated carbocycles. The molecule has 142 valence electrons. The molecule has 6 heteroatoms. The molecule has 28 heavy (non-hydrogen) atoms. The van der Waals surface area contributed by atoms with Gasteiger partial charge in [-0.2, -0.15) is 0 Å². The van der Waals surface area contributed by atoms with Gasteiger partial charge in [-0.05, 0) is 42.0 Å². The van der Waals surface area contributed by atoms with Gasteiger partial charge < -0.3 is 15.4 Å². The Morgan fingerprint density at radius 2 is 1.61 bits per heavy atom. The summed E-state index contributed by atoms with van der Waals surface area (Å²) in [5.74, 6) is 0.0516. The Hall–Kier alpha value is -3.31. The Morgan fingerprint density at radius 3 is 2.36 bits per heavy atom. The third-order valence-corrected chi connectivity index (χ3v) is 4.46. The average Bonchev–Trinajstić information content (AvgIpc) is 2.73. The SMILES string of the molecule is COc1cccc(CNC(=O)c2ccccc2NC(=O)c2ccccc2Cl)c1. The van der Waals surface area contributed by atoms with Crippen molar-refractivity contribution in [2.75, 3.05) is 12.4 Å². The number of hydrogen-bond acceptors (Lipinski definition) is 3. The number of anilines is 1. The molecule has 0 heterocycles. The molecule has 5 nitrogen and oxygen atoms in total. The fourth-order valence-corrected chi connectivity index (χ4v) is 2.91. The van der Waals surface area contributed by atoms with E-state index in [1.165, 1.54) is 0 Å². The highest BCUT2D eigenvalue weighted by Gasteiger charge is 2.15. The summed E-state index contributed by atoms with van der Waals surface area (Å²) >= 11 is 6.08. The first-order valence-corrected chi connectivity index (χ1v) is 9.02. The van der Waals surface area contributed by atoms with Crippen LogP contribution in [0.4, 0.5) is 5.69 Å². The molecule has 0 saturated heterocycles. The molecule has 3 aromatic rings. The fraction of sp³-hybridized carbons (Fsp3) is 0.0909. The summed E-state index contributed by atoms with van der Waals surface area (Å²) in [5, 5.41) is 5.97. The number of rotatable bonds is 6. The Balaban J connectivity index is 1.73. The molecule has 0 aliphatic carbocycles. The van der Waals surface area contributed by atoms with Gasteiger partial charge in [-0.15, -0.1) is 0 Å². The van der Waals surface area contributed by atoms with E-state index in [4.69, 9.17) is 16.3 Å². The number of halogens is 1. The van der Waals surface area contributed by atoms with Gasteiger partial charge in [0.2, 0.25) is 0 Å². The van der Waals surface area contributed by atoms with Crippen LogP contribution in [0.15, 0.2) is 72.8 Å². The lowest BCUT2D eigenvalue weighted by molar-refractivity contribution is 0.0951. The zero-order valence-electron chi connectivity index (χ0n) is 15.2. The van der Waals surface area contributed by atoms with E-state index in [1.54, 1.807) is 55.6 Å². The van der Waals surface area contributed by atoms with Gasteiger partial charge in [-0.25, -0.2) is 0 Å². The number of carbonyl (C=O) groups excluding carboxylic acids is 2. The Bertz CT molecular complexity index is 1000. The molecule has 0 atom stereocenters. The minimum absolute atomic E-state index is 0.294. The maximum atomic E-state index is 12.7. The van der Waals surface area contributed by atoms with Crippen molar-refractivity contribution >= 4 is 29.1 Å². The van der Waals surface area contributed by atoms with Gasteiger partial charge in [0.25, 0.3) is 11.8 Å². The van der Waals surface area contributed by atoms with Gasteiger partial charge >= 0.3 is 0 Å². The van der Waals surface area contributed by atoms with Crippen molar-refractivity contribution in [3.05, 3.63) is 94.5 Å². The first-order chi connectivity index (χ1) is 13.6. The van der Waals surface area contributed by atoms with Crippen molar-refractivity contribution in [3.63, 3.8) is 0 Å². The lowest BCUT2D eigenvalue weighted by Crippen LogP contribution is -2.25. The summed E-state index contributed by atoms with van der Waals surface area (Å²) in [6.45, 7) is 0.336. The second-order valence-electron chi connectivity index (χ2n) is 6.01. The van der Waals surface area contributed by atoms with Crippen LogP contribution < -0.4 is 15.4 Å². The molecule has 2 N–H and O–H groups in total. The highest BCUT2D eigenvalue weighted by Crippen LogP contribution is 2.20. The van der Waals surface area contributed by atoms with E-state index in [9.17, 15) is 9.59 Å². The summed E-state index contributed by atoms with van der Waals surface area (Å²) in [6.07, 6.45) is 0. The van der Waals surface area contributed by atoms with Crippen LogP contribution >= 0.6 is 11.6 Å². The Morgan fingerprint density at radius 1 is 0.893 bits per heavy atom. The van der Waals surface area contributed by atoms with Gasteiger partial charge in [0.1, 0.15) is 5.75 Å². The van der Waals surface area contributed by atoms with E-state index in [0.717, 1.165) is 11.3 Å². The number of methoxy groups -OCH3 is 1. The minimum atomic E-state index is -0.376. The highest BCUT2D eigenvalue weighted by molar-refractivity contribution is 6.34. The van der Waals surface area contributed by atoms with Gasteiger partial charge in [0.05, 0.1) is 28.9 Å². The van der Waals surface area contributed by atoms with Crippen LogP contribution in [0.5, 0.6) is 5.75 Å². The van der Waals surface area contributed by atoms with Crippen molar-refractivity contribution in [2.24, 2.45) is 0 Å². The smallest absolute Gasteiger partial charge is 0.257 e. The highest BCUT2D eigenvalue weighted by atomic mass is 35.5. The van der Waals surface area contributed by atoms with Gasteiger partial charge in [0.15, 0.2) is 0 Å². The number of amides is 2. The van der Waals surface area contributed by atoms with Crippen molar-refractivity contribution in [3.8, 4) is 5.75 Å². The summed E-state index contributed by atoms with van der Waals surface area (Å²) < 4.78 is 5.19. The number of hydrogen-bond donors (Lipinski definition) is 2. The molecule has 0 aromatic heterocycles. The van der Waals surface area contributed by atoms with Gasteiger partial charge in [-0.3, -0.25) is 9.59 Å². The lowest BCUT2D eigenvalue weighted by atomic mass is 10.1. The molecule has 0 unspecified atom stereocenters. The van der Waals surface area contributed by atoms with Crippen LogP contribution in [0.1, 0.15) is 26.3 Å². The molecule has 3 rings (SSSR count). The van der Waals surface area contributed by atoms with E-state index in [2.05, 4.69) is 10.6 Å². The predicted octanol–water partition coefficient (Wildman–Crippen LogP) is 4.53. The molecule has 0 bridgehead atoms. The second-order valence-corrected chi connectivity index (χ2v) is 6.42. The third kappa shape index (κ3) is 4.69. The molecule has 0 aliphatic heterocycles. The maximum absolute atomic E-state index is 12.7. The molecule has 2 amide bonds. The summed E-state index contributed by atoms with van der Waals surface area (Å²) in [4.78, 5) is 25.2. The summed E-state index contributed by atoms with van der Waals surface area (Å²) in [5.41, 5.74) is 2.03. The summed E-state index contributed by atoms with van der Waals surface area (Å²) in [7, 11) is 1.59. The van der Waals surface area contributed by atoms with E-state index in [-0.39, 0.29) is 11.8 Å². The monoisotopic (exact) mass is 394 g/mol. The molecular weight excluding hydrogens is 376 g/mol. The normalized spacial score (nSPS) is 10.2. The Kier molecular flexibility index (Phi) is 6.29. The van der Waals surface area contributed by atoms with Crippen molar-refractivity contribution in [2.45, 2.75) is 6.54 Å². The topological polar surface area (TPSA) is 67.4 Å². The molecular formula is C22H19ClN2O3. The van der Waals surface area contributed by atoms with Crippen molar-refractivity contribution in [1.82, 2.24) is 5.32 Å². The zero-order chi connectivity index (χ0) is 19.9. The lowest BCUT2D eigenvalue weighted by Gasteiger charge is -2.12. The molecule has 0 radical (unpaired) electrons. The van der Waals surface area contributed by atoms with Crippen molar-refractivity contribution < 1.29 is 14.3 Å². The first kappa shape index (κ1) is 19.5. The Labute approximate surface area is 168 Å². The fourth-order valence-electron chi connectivity index (χ4n) is 2.69. The van der Waals surface area contributed by atoms with Gasteiger partial charge in [0, 0.05) is 6.54 Å². The van der Waals surface area contributed by atoms with E-state index in [0.29, 0.717) is 28.4 Å². The van der Waals surface area contributed by atoms with Gasteiger partial charge in [-0.1, -0.05) is 48.0 Å². The number of benzene rings is 3. The predicted molar refractivity (Wildman–Crippen MR) is 110 cm³/mol.